The minimum atomic E-state index is 0.419. The maximum absolute atomic E-state index is 8.69. The quantitative estimate of drug-likeness (QED) is 0.763. The van der Waals surface area contributed by atoms with Gasteiger partial charge in [-0.15, -0.1) is 0 Å². The first-order valence-electron chi connectivity index (χ1n) is 3.12. The lowest BCUT2D eigenvalue weighted by molar-refractivity contribution is 0.413. The second-order valence-corrected chi connectivity index (χ2v) is 3.40. The van der Waals surface area contributed by atoms with Crippen LogP contribution in [0.2, 0.25) is 5.02 Å². The average Bonchev–Trinajstić information content (AvgIpc) is 2.03. The van der Waals surface area contributed by atoms with E-state index in [-0.39, 0.29) is 0 Å². The molecule has 0 amide bonds. The molecule has 0 atom stereocenters. The summed E-state index contributed by atoms with van der Waals surface area (Å²) in [6.07, 6.45) is 0. The van der Waals surface area contributed by atoms with E-state index in [1.165, 1.54) is 7.11 Å². The Morgan fingerprint density at radius 3 is 2.75 bits per heavy atom. The molecule has 1 aromatic rings. The van der Waals surface area contributed by atoms with Gasteiger partial charge in [-0.3, -0.25) is 0 Å². The molecule has 0 fully saturated rings. The molecule has 0 bridgehead atoms. The van der Waals surface area contributed by atoms with E-state index < -0.39 is 0 Å². The fourth-order valence-electron chi connectivity index (χ4n) is 0.851. The van der Waals surface area contributed by atoms with Crippen LogP contribution in [0.1, 0.15) is 5.56 Å². The third kappa shape index (κ3) is 1.71. The molecule has 0 aliphatic heterocycles. The third-order valence-corrected chi connectivity index (χ3v) is 2.07. The smallest absolute Gasteiger partial charge is 0.155 e. The zero-order valence-corrected chi connectivity index (χ0v) is 8.61. The molecule has 0 aliphatic rings. The highest BCUT2D eigenvalue weighted by molar-refractivity contribution is 9.10. The first kappa shape index (κ1) is 9.37. The highest BCUT2D eigenvalue weighted by Crippen LogP contribution is 2.31. The topological polar surface area (TPSA) is 33.0 Å². The molecule has 1 rings (SSSR count). The lowest BCUT2D eigenvalue weighted by Gasteiger charge is -2.04. The van der Waals surface area contributed by atoms with Crippen molar-refractivity contribution >= 4 is 27.5 Å². The Labute approximate surface area is 83.8 Å². The van der Waals surface area contributed by atoms with E-state index in [0.717, 1.165) is 4.47 Å². The average molecular weight is 246 g/mol. The van der Waals surface area contributed by atoms with Crippen LogP contribution in [-0.2, 0) is 0 Å². The van der Waals surface area contributed by atoms with Gasteiger partial charge in [-0.05, 0) is 12.1 Å². The van der Waals surface area contributed by atoms with Gasteiger partial charge in [0.2, 0.25) is 0 Å². The summed E-state index contributed by atoms with van der Waals surface area (Å²) in [5.74, 6) is 0.419. The van der Waals surface area contributed by atoms with Crippen LogP contribution in [0.4, 0.5) is 0 Å². The van der Waals surface area contributed by atoms with Gasteiger partial charge >= 0.3 is 0 Å². The van der Waals surface area contributed by atoms with Crippen molar-refractivity contribution < 1.29 is 4.74 Å². The number of benzene rings is 1. The van der Waals surface area contributed by atoms with Gasteiger partial charge < -0.3 is 4.74 Å². The first-order chi connectivity index (χ1) is 5.69. The number of nitrogens with zero attached hydrogens (tertiary/aromatic N) is 1. The maximum Gasteiger partial charge on any atom is 0.155 e. The third-order valence-electron chi connectivity index (χ3n) is 1.33. The number of methoxy groups -OCH3 is 1. The molecule has 0 spiro atoms. The second-order valence-electron chi connectivity index (χ2n) is 2.08. The summed E-state index contributed by atoms with van der Waals surface area (Å²) in [6.45, 7) is 0. The number of nitriles is 1. The van der Waals surface area contributed by atoms with E-state index in [0.29, 0.717) is 16.3 Å². The molecule has 0 saturated carbocycles. The van der Waals surface area contributed by atoms with Crippen LogP contribution in [0.5, 0.6) is 5.75 Å². The largest absolute Gasteiger partial charge is 0.494 e. The molecule has 0 heterocycles. The Kier molecular flexibility index (Phi) is 2.96. The number of rotatable bonds is 1. The van der Waals surface area contributed by atoms with Crippen LogP contribution >= 0.6 is 27.5 Å². The Morgan fingerprint density at radius 2 is 2.25 bits per heavy atom. The number of halogens is 2. The van der Waals surface area contributed by atoms with Crippen LogP contribution < -0.4 is 4.74 Å². The summed E-state index contributed by atoms with van der Waals surface area (Å²) in [7, 11) is 1.48. The van der Waals surface area contributed by atoms with Crippen LogP contribution in [0.3, 0.4) is 0 Å². The van der Waals surface area contributed by atoms with E-state index in [1.807, 2.05) is 6.07 Å². The predicted octanol–water partition coefficient (Wildman–Crippen LogP) is 2.98. The maximum atomic E-state index is 8.69. The Morgan fingerprint density at radius 1 is 1.58 bits per heavy atom. The summed E-state index contributed by atoms with van der Waals surface area (Å²) in [4.78, 5) is 0. The molecule has 2 nitrogen and oxygen atoms in total. The summed E-state index contributed by atoms with van der Waals surface area (Å²) >= 11 is 9.03. The Bertz CT molecular complexity index is 346. The molecular weight excluding hydrogens is 241 g/mol. The van der Waals surface area contributed by atoms with Crippen LogP contribution in [0.15, 0.2) is 16.6 Å². The van der Waals surface area contributed by atoms with E-state index in [2.05, 4.69) is 15.9 Å². The van der Waals surface area contributed by atoms with Crippen molar-refractivity contribution in [3.8, 4) is 11.8 Å². The lowest BCUT2D eigenvalue weighted by atomic mass is 10.2. The van der Waals surface area contributed by atoms with Gasteiger partial charge in [0.1, 0.15) is 6.07 Å². The van der Waals surface area contributed by atoms with E-state index >= 15 is 0 Å². The molecular formula is C8H5BrClNO. The van der Waals surface area contributed by atoms with Crippen molar-refractivity contribution in [3.63, 3.8) is 0 Å². The van der Waals surface area contributed by atoms with Crippen molar-refractivity contribution in [2.24, 2.45) is 0 Å². The summed E-state index contributed by atoms with van der Waals surface area (Å²) in [5, 5.41) is 9.12. The zero-order chi connectivity index (χ0) is 9.14. The highest BCUT2D eigenvalue weighted by Gasteiger charge is 2.07. The van der Waals surface area contributed by atoms with Gasteiger partial charge in [-0.2, -0.15) is 5.26 Å². The standard InChI is InChI=1S/C8H5BrClNO/c1-12-8-5(4-11)2-6(9)3-7(8)10/h2-3H,1H3. The summed E-state index contributed by atoms with van der Waals surface area (Å²) in [6, 6.07) is 5.33. The van der Waals surface area contributed by atoms with Gasteiger partial charge in [-0.1, -0.05) is 27.5 Å². The Hall–Kier alpha value is -0.720. The van der Waals surface area contributed by atoms with Crippen molar-refractivity contribution in [1.29, 1.82) is 5.26 Å². The molecule has 1 aromatic carbocycles. The van der Waals surface area contributed by atoms with Gasteiger partial charge in [-0.25, -0.2) is 0 Å². The van der Waals surface area contributed by atoms with E-state index in [4.69, 9.17) is 21.6 Å². The van der Waals surface area contributed by atoms with Gasteiger partial charge in [0.05, 0.1) is 17.7 Å². The monoisotopic (exact) mass is 245 g/mol. The predicted molar refractivity (Wildman–Crippen MR) is 50.4 cm³/mol. The molecule has 0 aromatic heterocycles. The van der Waals surface area contributed by atoms with Gasteiger partial charge in [0, 0.05) is 4.47 Å². The SMILES string of the molecule is COc1c(Cl)cc(Br)cc1C#N. The van der Waals surface area contributed by atoms with Gasteiger partial charge in [0.15, 0.2) is 5.75 Å². The molecule has 62 valence electrons. The molecule has 0 aliphatic carbocycles. The van der Waals surface area contributed by atoms with Crippen LogP contribution in [0, 0.1) is 11.3 Å². The fourth-order valence-corrected chi connectivity index (χ4v) is 1.74. The van der Waals surface area contributed by atoms with Crippen molar-refractivity contribution in [2.45, 2.75) is 0 Å². The second kappa shape index (κ2) is 3.79. The van der Waals surface area contributed by atoms with E-state index in [9.17, 15) is 0 Å². The number of ether oxygens (including phenoxy) is 1. The molecule has 0 unspecified atom stereocenters. The Balaban J connectivity index is 3.36. The minimum Gasteiger partial charge on any atom is -0.494 e. The molecule has 0 saturated heterocycles. The van der Waals surface area contributed by atoms with Crippen LogP contribution in [-0.4, -0.2) is 7.11 Å². The molecule has 0 radical (unpaired) electrons. The highest BCUT2D eigenvalue weighted by atomic mass is 79.9. The molecule has 12 heavy (non-hydrogen) atoms. The fraction of sp³-hybridized carbons (Fsp3) is 0.125. The number of hydrogen-bond acceptors (Lipinski definition) is 2. The number of hydrogen-bond donors (Lipinski definition) is 0. The minimum absolute atomic E-state index is 0.419. The molecule has 0 N–H and O–H groups in total. The zero-order valence-electron chi connectivity index (χ0n) is 6.27. The summed E-state index contributed by atoms with van der Waals surface area (Å²) in [5.41, 5.74) is 0.428. The van der Waals surface area contributed by atoms with Gasteiger partial charge in [0.25, 0.3) is 0 Å². The van der Waals surface area contributed by atoms with E-state index in [1.54, 1.807) is 12.1 Å². The van der Waals surface area contributed by atoms with Crippen LogP contribution in [0.25, 0.3) is 0 Å². The lowest BCUT2D eigenvalue weighted by Crippen LogP contribution is -1.88. The normalized spacial score (nSPS) is 9.17. The first-order valence-corrected chi connectivity index (χ1v) is 4.29. The van der Waals surface area contributed by atoms with Crippen molar-refractivity contribution in [3.05, 3.63) is 27.2 Å². The van der Waals surface area contributed by atoms with Crippen molar-refractivity contribution in [1.82, 2.24) is 0 Å². The summed E-state index contributed by atoms with van der Waals surface area (Å²) < 4.78 is 5.72. The van der Waals surface area contributed by atoms with Crippen molar-refractivity contribution in [2.75, 3.05) is 7.11 Å². The molecule has 4 heteroatoms.